The first-order chi connectivity index (χ1) is 11.2. The third-order valence-electron chi connectivity index (χ3n) is 4.06. The van der Waals surface area contributed by atoms with Gasteiger partial charge in [-0.25, -0.2) is 0 Å². The largest absolute Gasteiger partial charge is 0.497 e. The molecule has 1 fully saturated rings. The summed E-state index contributed by atoms with van der Waals surface area (Å²) in [5, 5.41) is 0. The summed E-state index contributed by atoms with van der Waals surface area (Å²) in [6, 6.07) is 15.4. The second-order valence-electron chi connectivity index (χ2n) is 5.68. The summed E-state index contributed by atoms with van der Waals surface area (Å²) >= 11 is 0. The van der Waals surface area contributed by atoms with Gasteiger partial charge < -0.3 is 14.4 Å². The molecule has 2 aromatic rings. The maximum atomic E-state index is 12.4. The van der Waals surface area contributed by atoms with Crippen molar-refractivity contribution in [3.8, 4) is 11.5 Å². The monoisotopic (exact) mass is 311 g/mol. The lowest BCUT2D eigenvalue weighted by atomic mass is 10.1. The summed E-state index contributed by atoms with van der Waals surface area (Å²) in [6.07, 6.45) is 1.05. The van der Waals surface area contributed by atoms with Crippen molar-refractivity contribution in [2.75, 3.05) is 20.2 Å². The summed E-state index contributed by atoms with van der Waals surface area (Å²) < 4.78 is 11.1. The highest BCUT2D eigenvalue weighted by Crippen LogP contribution is 2.22. The molecular weight excluding hydrogens is 290 g/mol. The number of aryl methyl sites for hydroxylation is 1. The lowest BCUT2D eigenvalue weighted by Gasteiger charge is -2.39. The van der Waals surface area contributed by atoms with Crippen LogP contribution < -0.4 is 9.47 Å². The van der Waals surface area contributed by atoms with Crippen LogP contribution in [0.5, 0.6) is 11.5 Å². The number of rotatable bonds is 5. The SMILES string of the molecule is CCc1cccc(OC2CN(C(=O)c3cccc(OC)c3)C2)c1. The smallest absolute Gasteiger partial charge is 0.254 e. The van der Waals surface area contributed by atoms with Crippen LogP contribution in [0, 0.1) is 0 Å². The molecule has 4 heteroatoms. The summed E-state index contributed by atoms with van der Waals surface area (Å²) in [7, 11) is 1.60. The normalized spacial score (nSPS) is 14.3. The van der Waals surface area contributed by atoms with E-state index in [-0.39, 0.29) is 12.0 Å². The van der Waals surface area contributed by atoms with Crippen LogP contribution in [0.1, 0.15) is 22.8 Å². The summed E-state index contributed by atoms with van der Waals surface area (Å²) in [6.45, 7) is 3.36. The van der Waals surface area contributed by atoms with Crippen molar-refractivity contribution in [1.82, 2.24) is 4.90 Å². The van der Waals surface area contributed by atoms with Crippen LogP contribution in [0.4, 0.5) is 0 Å². The molecule has 23 heavy (non-hydrogen) atoms. The fourth-order valence-electron chi connectivity index (χ4n) is 2.65. The standard InChI is InChI=1S/C19H21NO3/c1-3-14-6-4-9-17(10-14)23-18-12-20(13-18)19(21)15-7-5-8-16(11-15)22-2/h4-11,18H,3,12-13H2,1-2H3. The average Bonchev–Trinajstić information content (AvgIpc) is 2.57. The second-order valence-corrected chi connectivity index (χ2v) is 5.68. The zero-order chi connectivity index (χ0) is 16.2. The quantitative estimate of drug-likeness (QED) is 0.851. The van der Waals surface area contributed by atoms with Gasteiger partial charge in [0.15, 0.2) is 0 Å². The Kier molecular flexibility index (Phi) is 4.51. The topological polar surface area (TPSA) is 38.8 Å². The van der Waals surface area contributed by atoms with Crippen molar-refractivity contribution < 1.29 is 14.3 Å². The number of hydrogen-bond acceptors (Lipinski definition) is 3. The van der Waals surface area contributed by atoms with Crippen LogP contribution >= 0.6 is 0 Å². The molecule has 1 saturated heterocycles. The van der Waals surface area contributed by atoms with Crippen LogP contribution in [-0.4, -0.2) is 37.1 Å². The van der Waals surface area contributed by atoms with Crippen molar-refractivity contribution in [2.24, 2.45) is 0 Å². The first-order valence-electron chi connectivity index (χ1n) is 7.88. The molecule has 1 aliphatic rings. The predicted molar refractivity (Wildman–Crippen MR) is 89.1 cm³/mol. The number of methoxy groups -OCH3 is 1. The van der Waals surface area contributed by atoms with Gasteiger partial charge in [-0.2, -0.15) is 0 Å². The zero-order valence-corrected chi connectivity index (χ0v) is 13.5. The van der Waals surface area contributed by atoms with Gasteiger partial charge in [-0.1, -0.05) is 25.1 Å². The number of nitrogens with zero attached hydrogens (tertiary/aromatic N) is 1. The summed E-state index contributed by atoms with van der Waals surface area (Å²) in [5.74, 6) is 1.59. The maximum absolute atomic E-state index is 12.4. The Morgan fingerprint density at radius 1 is 1.13 bits per heavy atom. The van der Waals surface area contributed by atoms with Crippen molar-refractivity contribution in [1.29, 1.82) is 0 Å². The molecule has 0 aromatic heterocycles. The van der Waals surface area contributed by atoms with E-state index in [1.165, 1.54) is 5.56 Å². The Balaban J connectivity index is 1.56. The van der Waals surface area contributed by atoms with Gasteiger partial charge in [0, 0.05) is 5.56 Å². The Labute approximate surface area is 136 Å². The van der Waals surface area contributed by atoms with E-state index in [0.717, 1.165) is 12.2 Å². The predicted octanol–water partition coefficient (Wildman–Crippen LogP) is 3.16. The number of carbonyl (C=O) groups excluding carboxylic acids is 1. The summed E-state index contributed by atoms with van der Waals surface area (Å²) in [5.41, 5.74) is 1.90. The van der Waals surface area contributed by atoms with Crippen LogP contribution in [-0.2, 0) is 6.42 Å². The molecule has 0 atom stereocenters. The highest BCUT2D eigenvalue weighted by molar-refractivity contribution is 5.95. The fraction of sp³-hybridized carbons (Fsp3) is 0.316. The van der Waals surface area contributed by atoms with E-state index in [0.29, 0.717) is 24.4 Å². The van der Waals surface area contributed by atoms with Gasteiger partial charge in [0.05, 0.1) is 20.2 Å². The van der Waals surface area contributed by atoms with Gasteiger partial charge >= 0.3 is 0 Å². The van der Waals surface area contributed by atoms with Crippen molar-refractivity contribution in [3.05, 3.63) is 59.7 Å². The van der Waals surface area contributed by atoms with Crippen molar-refractivity contribution >= 4 is 5.91 Å². The first kappa shape index (κ1) is 15.4. The van der Waals surface area contributed by atoms with Crippen LogP contribution in [0.2, 0.25) is 0 Å². The molecule has 1 aliphatic heterocycles. The average molecular weight is 311 g/mol. The third kappa shape index (κ3) is 3.47. The summed E-state index contributed by atoms with van der Waals surface area (Å²) in [4.78, 5) is 14.2. The number of hydrogen-bond donors (Lipinski definition) is 0. The van der Waals surface area contributed by atoms with E-state index in [1.54, 1.807) is 18.1 Å². The molecule has 0 saturated carbocycles. The maximum Gasteiger partial charge on any atom is 0.254 e. The number of amides is 1. The number of carbonyl (C=O) groups is 1. The molecule has 1 heterocycles. The van der Waals surface area contributed by atoms with E-state index < -0.39 is 0 Å². The highest BCUT2D eigenvalue weighted by atomic mass is 16.5. The van der Waals surface area contributed by atoms with Gasteiger partial charge in [0.1, 0.15) is 17.6 Å². The van der Waals surface area contributed by atoms with Gasteiger partial charge in [-0.15, -0.1) is 0 Å². The lowest BCUT2D eigenvalue weighted by molar-refractivity contribution is 0.0177. The Bertz CT molecular complexity index is 693. The van der Waals surface area contributed by atoms with Crippen LogP contribution in [0.3, 0.4) is 0 Å². The first-order valence-corrected chi connectivity index (χ1v) is 7.88. The minimum Gasteiger partial charge on any atom is -0.497 e. The zero-order valence-electron chi connectivity index (χ0n) is 13.5. The third-order valence-corrected chi connectivity index (χ3v) is 4.06. The van der Waals surface area contributed by atoms with E-state index in [9.17, 15) is 4.79 Å². The van der Waals surface area contributed by atoms with Gasteiger partial charge in [0.25, 0.3) is 5.91 Å². The molecule has 3 rings (SSSR count). The second kappa shape index (κ2) is 6.73. The molecule has 0 bridgehead atoms. The molecule has 0 unspecified atom stereocenters. The van der Waals surface area contributed by atoms with Gasteiger partial charge in [0.2, 0.25) is 0 Å². The van der Waals surface area contributed by atoms with Crippen molar-refractivity contribution in [3.63, 3.8) is 0 Å². The minimum absolute atomic E-state index is 0.0195. The van der Waals surface area contributed by atoms with E-state index in [1.807, 2.05) is 30.3 Å². The molecule has 120 valence electrons. The Hall–Kier alpha value is -2.49. The molecule has 0 radical (unpaired) electrons. The number of benzene rings is 2. The van der Waals surface area contributed by atoms with E-state index in [2.05, 4.69) is 19.1 Å². The lowest BCUT2D eigenvalue weighted by Crippen LogP contribution is -2.56. The number of likely N-dealkylation sites (tertiary alicyclic amines) is 1. The van der Waals surface area contributed by atoms with Gasteiger partial charge in [-0.3, -0.25) is 4.79 Å². The van der Waals surface area contributed by atoms with Crippen LogP contribution in [0.25, 0.3) is 0 Å². The van der Waals surface area contributed by atoms with E-state index in [4.69, 9.17) is 9.47 Å². The van der Waals surface area contributed by atoms with Crippen LogP contribution in [0.15, 0.2) is 48.5 Å². The number of ether oxygens (including phenoxy) is 2. The highest BCUT2D eigenvalue weighted by Gasteiger charge is 2.32. The molecule has 0 aliphatic carbocycles. The minimum atomic E-state index is 0.0195. The Morgan fingerprint density at radius 2 is 1.87 bits per heavy atom. The molecular formula is C19H21NO3. The van der Waals surface area contributed by atoms with Crippen molar-refractivity contribution in [2.45, 2.75) is 19.4 Å². The van der Waals surface area contributed by atoms with E-state index >= 15 is 0 Å². The fourth-order valence-corrected chi connectivity index (χ4v) is 2.65. The Morgan fingerprint density at radius 3 is 2.61 bits per heavy atom. The van der Waals surface area contributed by atoms with Gasteiger partial charge in [-0.05, 0) is 42.3 Å². The molecule has 0 N–H and O–H groups in total. The molecule has 0 spiro atoms. The molecule has 2 aromatic carbocycles. The molecule has 1 amide bonds. The molecule has 4 nitrogen and oxygen atoms in total.